The van der Waals surface area contributed by atoms with Crippen molar-refractivity contribution in [2.45, 2.75) is 58.0 Å². The SMILES string of the molecule is Cc1ccc(CN2CCN3CC(COCCCN4CCCCC4)CCC3C2)cc1. The first-order valence-corrected chi connectivity index (χ1v) is 12.1. The molecule has 0 spiro atoms. The zero-order valence-corrected chi connectivity index (χ0v) is 18.5. The highest BCUT2D eigenvalue weighted by molar-refractivity contribution is 5.21. The molecule has 0 aliphatic carbocycles. The van der Waals surface area contributed by atoms with Crippen molar-refractivity contribution < 1.29 is 4.74 Å². The van der Waals surface area contributed by atoms with Crippen LogP contribution in [0.15, 0.2) is 24.3 Å². The van der Waals surface area contributed by atoms with Crippen molar-refractivity contribution >= 4 is 0 Å². The molecule has 3 aliphatic rings. The predicted molar refractivity (Wildman–Crippen MR) is 120 cm³/mol. The third-order valence-corrected chi connectivity index (χ3v) is 7.18. The van der Waals surface area contributed by atoms with Gasteiger partial charge in [-0.25, -0.2) is 0 Å². The molecule has 2 atom stereocenters. The van der Waals surface area contributed by atoms with E-state index in [0.29, 0.717) is 0 Å². The summed E-state index contributed by atoms with van der Waals surface area (Å²) in [4.78, 5) is 8.02. The van der Waals surface area contributed by atoms with Gasteiger partial charge < -0.3 is 9.64 Å². The molecule has 0 aromatic heterocycles. The molecule has 0 radical (unpaired) electrons. The third-order valence-electron chi connectivity index (χ3n) is 7.18. The summed E-state index contributed by atoms with van der Waals surface area (Å²) in [7, 11) is 0. The molecule has 29 heavy (non-hydrogen) atoms. The molecule has 2 unspecified atom stereocenters. The molecule has 3 saturated heterocycles. The summed E-state index contributed by atoms with van der Waals surface area (Å²) < 4.78 is 6.09. The number of nitrogens with zero attached hydrogens (tertiary/aromatic N) is 3. The lowest BCUT2D eigenvalue weighted by Gasteiger charge is -2.46. The summed E-state index contributed by atoms with van der Waals surface area (Å²) in [5.74, 6) is 0.741. The van der Waals surface area contributed by atoms with Crippen LogP contribution in [0.2, 0.25) is 0 Å². The molecule has 162 valence electrons. The van der Waals surface area contributed by atoms with Crippen LogP contribution in [0.5, 0.6) is 0 Å². The Labute approximate surface area is 178 Å². The summed E-state index contributed by atoms with van der Waals surface area (Å²) in [6.45, 7) is 13.9. The molecule has 0 saturated carbocycles. The highest BCUT2D eigenvalue weighted by atomic mass is 16.5. The summed E-state index contributed by atoms with van der Waals surface area (Å²) >= 11 is 0. The van der Waals surface area contributed by atoms with Gasteiger partial charge in [-0.2, -0.15) is 0 Å². The predicted octanol–water partition coefficient (Wildman–Crippen LogP) is 3.78. The van der Waals surface area contributed by atoms with Crippen LogP contribution < -0.4 is 0 Å². The van der Waals surface area contributed by atoms with E-state index in [0.717, 1.165) is 31.7 Å². The maximum absolute atomic E-state index is 6.09. The van der Waals surface area contributed by atoms with Crippen molar-refractivity contribution in [3.63, 3.8) is 0 Å². The van der Waals surface area contributed by atoms with E-state index >= 15 is 0 Å². The largest absolute Gasteiger partial charge is 0.381 e. The van der Waals surface area contributed by atoms with E-state index in [9.17, 15) is 0 Å². The molecule has 4 rings (SSSR count). The minimum absolute atomic E-state index is 0.741. The van der Waals surface area contributed by atoms with Gasteiger partial charge in [0.05, 0.1) is 6.61 Å². The Morgan fingerprint density at radius 1 is 0.897 bits per heavy atom. The van der Waals surface area contributed by atoms with Crippen LogP contribution >= 0.6 is 0 Å². The lowest BCUT2D eigenvalue weighted by Crippen LogP contribution is -2.56. The van der Waals surface area contributed by atoms with Gasteiger partial charge in [-0.3, -0.25) is 9.80 Å². The van der Waals surface area contributed by atoms with Crippen LogP contribution in [0.3, 0.4) is 0 Å². The van der Waals surface area contributed by atoms with Crippen molar-refractivity contribution in [2.75, 3.05) is 59.0 Å². The van der Waals surface area contributed by atoms with E-state index in [1.54, 1.807) is 0 Å². The van der Waals surface area contributed by atoms with Crippen molar-refractivity contribution in [1.29, 1.82) is 0 Å². The molecule has 0 bridgehead atoms. The molecule has 3 fully saturated rings. The number of piperidine rings is 2. The van der Waals surface area contributed by atoms with E-state index in [2.05, 4.69) is 45.9 Å². The summed E-state index contributed by atoms with van der Waals surface area (Å²) in [6, 6.07) is 9.82. The first kappa shape index (κ1) is 21.3. The van der Waals surface area contributed by atoms with Crippen LogP contribution in [-0.4, -0.2) is 79.8 Å². The van der Waals surface area contributed by atoms with E-state index in [-0.39, 0.29) is 0 Å². The first-order valence-electron chi connectivity index (χ1n) is 12.1. The normalized spacial score (nSPS) is 27.1. The maximum atomic E-state index is 6.09. The van der Waals surface area contributed by atoms with Gasteiger partial charge in [0, 0.05) is 51.9 Å². The number of aryl methyl sites for hydroxylation is 1. The topological polar surface area (TPSA) is 19.0 Å². The van der Waals surface area contributed by atoms with E-state index in [1.165, 1.54) is 95.5 Å². The summed E-state index contributed by atoms with van der Waals surface area (Å²) in [5.41, 5.74) is 2.81. The fourth-order valence-corrected chi connectivity index (χ4v) is 5.38. The molecule has 0 N–H and O–H groups in total. The van der Waals surface area contributed by atoms with Gasteiger partial charge in [0.1, 0.15) is 0 Å². The Balaban J connectivity index is 1.11. The fourth-order valence-electron chi connectivity index (χ4n) is 5.38. The third kappa shape index (κ3) is 6.52. The average molecular weight is 400 g/mol. The number of piperazine rings is 1. The Bertz CT molecular complexity index is 599. The van der Waals surface area contributed by atoms with Crippen molar-refractivity contribution in [3.8, 4) is 0 Å². The Morgan fingerprint density at radius 3 is 2.55 bits per heavy atom. The highest BCUT2D eigenvalue weighted by Crippen LogP contribution is 2.26. The number of hydrogen-bond acceptors (Lipinski definition) is 4. The first-order chi connectivity index (χ1) is 14.3. The molecular formula is C25H41N3O. The maximum Gasteiger partial charge on any atom is 0.0506 e. The Kier molecular flexibility index (Phi) is 8.01. The summed E-state index contributed by atoms with van der Waals surface area (Å²) in [6.07, 6.45) is 8.09. The van der Waals surface area contributed by atoms with Gasteiger partial charge in [-0.15, -0.1) is 0 Å². The van der Waals surface area contributed by atoms with Gasteiger partial charge >= 0.3 is 0 Å². The second-order valence-corrected chi connectivity index (χ2v) is 9.64. The monoisotopic (exact) mass is 399 g/mol. The lowest BCUT2D eigenvalue weighted by molar-refractivity contribution is -0.00316. The zero-order chi connectivity index (χ0) is 19.9. The van der Waals surface area contributed by atoms with E-state index in [1.807, 2.05) is 0 Å². The van der Waals surface area contributed by atoms with Crippen LogP contribution in [0.4, 0.5) is 0 Å². The number of hydrogen-bond donors (Lipinski definition) is 0. The van der Waals surface area contributed by atoms with E-state index < -0.39 is 0 Å². The van der Waals surface area contributed by atoms with Gasteiger partial charge in [-0.1, -0.05) is 36.2 Å². The van der Waals surface area contributed by atoms with Gasteiger partial charge in [0.15, 0.2) is 0 Å². The number of fused-ring (bicyclic) bond motifs is 1. The Morgan fingerprint density at radius 2 is 1.72 bits per heavy atom. The molecule has 1 aromatic rings. The van der Waals surface area contributed by atoms with E-state index in [4.69, 9.17) is 4.74 Å². The van der Waals surface area contributed by atoms with Crippen LogP contribution in [-0.2, 0) is 11.3 Å². The van der Waals surface area contributed by atoms with Gasteiger partial charge in [-0.05, 0) is 63.6 Å². The number of benzene rings is 1. The second kappa shape index (κ2) is 10.9. The minimum Gasteiger partial charge on any atom is -0.381 e. The molecule has 4 heteroatoms. The molecule has 1 aromatic carbocycles. The molecule has 3 aliphatic heterocycles. The van der Waals surface area contributed by atoms with Crippen LogP contribution in [0, 0.1) is 12.8 Å². The second-order valence-electron chi connectivity index (χ2n) is 9.64. The van der Waals surface area contributed by atoms with Crippen molar-refractivity contribution in [3.05, 3.63) is 35.4 Å². The van der Waals surface area contributed by atoms with Crippen LogP contribution in [0.25, 0.3) is 0 Å². The highest BCUT2D eigenvalue weighted by Gasteiger charge is 2.32. The standard InChI is InChI=1S/C25H41N3O/c1-22-6-8-23(9-7-22)18-27-15-16-28-19-24(10-11-25(28)20-27)21-29-17-5-14-26-12-3-2-4-13-26/h6-9,24-25H,2-5,10-21H2,1H3. The van der Waals surface area contributed by atoms with Gasteiger partial charge in [0.2, 0.25) is 0 Å². The number of ether oxygens (including phenoxy) is 1. The minimum atomic E-state index is 0.741. The number of rotatable bonds is 8. The van der Waals surface area contributed by atoms with Crippen LogP contribution in [0.1, 0.15) is 49.7 Å². The average Bonchev–Trinajstić information content (AvgIpc) is 2.76. The smallest absolute Gasteiger partial charge is 0.0506 e. The fraction of sp³-hybridized carbons (Fsp3) is 0.760. The van der Waals surface area contributed by atoms with Crippen molar-refractivity contribution in [2.24, 2.45) is 5.92 Å². The Hall–Kier alpha value is -0.940. The summed E-state index contributed by atoms with van der Waals surface area (Å²) in [5, 5.41) is 0. The number of likely N-dealkylation sites (tertiary alicyclic amines) is 1. The molecule has 4 nitrogen and oxygen atoms in total. The van der Waals surface area contributed by atoms with Crippen molar-refractivity contribution in [1.82, 2.24) is 14.7 Å². The quantitative estimate of drug-likeness (QED) is 0.619. The van der Waals surface area contributed by atoms with Gasteiger partial charge in [0.25, 0.3) is 0 Å². The zero-order valence-electron chi connectivity index (χ0n) is 18.5. The molecule has 3 heterocycles. The molecular weight excluding hydrogens is 358 g/mol. The molecule has 0 amide bonds. The lowest BCUT2D eigenvalue weighted by atomic mass is 9.91.